The molecule has 108 valence electrons. The number of nitrogens with one attached hydrogen (secondary N) is 2. The fourth-order valence-electron chi connectivity index (χ4n) is 1.63. The highest BCUT2D eigenvalue weighted by Crippen LogP contribution is 2.18. The maximum atomic E-state index is 11.6. The lowest BCUT2D eigenvalue weighted by Gasteiger charge is -2.23. The fourth-order valence-corrected chi connectivity index (χ4v) is 1.63. The molecule has 2 amide bonds. The number of urea groups is 1. The van der Waals surface area contributed by atoms with Gasteiger partial charge >= 0.3 is 12.0 Å². The van der Waals surface area contributed by atoms with Gasteiger partial charge in [0.25, 0.3) is 0 Å². The molecule has 1 atom stereocenters. The first-order chi connectivity index (χ1) is 8.96. The van der Waals surface area contributed by atoms with E-state index in [4.69, 9.17) is 14.6 Å². The van der Waals surface area contributed by atoms with Crippen molar-refractivity contribution in [3.63, 3.8) is 0 Å². The molecule has 0 saturated carbocycles. The van der Waals surface area contributed by atoms with Crippen molar-refractivity contribution in [2.75, 3.05) is 33.0 Å². The number of carboxylic acid groups (broad SMARTS) is 1. The van der Waals surface area contributed by atoms with Gasteiger partial charge in [0.05, 0.1) is 19.8 Å². The predicted molar refractivity (Wildman–Crippen MR) is 68.0 cm³/mol. The number of carboxylic acids is 1. The Morgan fingerprint density at radius 2 is 2.26 bits per heavy atom. The van der Waals surface area contributed by atoms with Crippen molar-refractivity contribution in [3.8, 4) is 0 Å². The number of hydrogen-bond donors (Lipinski definition) is 3. The van der Waals surface area contributed by atoms with E-state index in [0.29, 0.717) is 26.4 Å². The lowest BCUT2D eigenvalue weighted by Crippen LogP contribution is -2.58. The van der Waals surface area contributed by atoms with E-state index in [-0.39, 0.29) is 13.0 Å². The summed E-state index contributed by atoms with van der Waals surface area (Å²) in [6, 6.07) is -0.535. The average Bonchev–Trinajstić information content (AvgIpc) is 2.78. The summed E-state index contributed by atoms with van der Waals surface area (Å²) in [5.74, 6) is -1.08. The average molecular weight is 272 g/mol. The number of amides is 2. The van der Waals surface area contributed by atoms with Gasteiger partial charge in [-0.2, -0.15) is 0 Å². The minimum absolute atomic E-state index is 0.0120. The smallest absolute Gasteiger partial charge is 0.332 e. The van der Waals surface area contributed by atoms with E-state index in [1.165, 1.54) is 0 Å². The van der Waals surface area contributed by atoms with E-state index >= 15 is 0 Å². The Hall–Kier alpha value is -1.60. The van der Waals surface area contributed by atoms with E-state index in [2.05, 4.69) is 17.2 Å². The molecule has 19 heavy (non-hydrogen) atoms. The van der Waals surface area contributed by atoms with Crippen LogP contribution in [0.4, 0.5) is 4.79 Å². The highest BCUT2D eigenvalue weighted by molar-refractivity contribution is 5.86. The van der Waals surface area contributed by atoms with E-state index in [9.17, 15) is 9.59 Å². The summed E-state index contributed by atoms with van der Waals surface area (Å²) in [5, 5.41) is 14.1. The van der Waals surface area contributed by atoms with Gasteiger partial charge in [0, 0.05) is 19.6 Å². The number of ether oxygens (including phenoxy) is 2. The van der Waals surface area contributed by atoms with Crippen LogP contribution in [-0.4, -0.2) is 55.6 Å². The van der Waals surface area contributed by atoms with Gasteiger partial charge in [-0.05, 0) is 6.92 Å². The zero-order valence-corrected chi connectivity index (χ0v) is 11.0. The Morgan fingerprint density at radius 3 is 2.79 bits per heavy atom. The van der Waals surface area contributed by atoms with Crippen molar-refractivity contribution in [2.24, 2.45) is 0 Å². The van der Waals surface area contributed by atoms with Crippen LogP contribution < -0.4 is 10.6 Å². The molecule has 1 aliphatic rings. The van der Waals surface area contributed by atoms with Gasteiger partial charge in [0.1, 0.15) is 0 Å². The molecular formula is C12H20N2O5. The molecule has 7 heteroatoms. The standard InChI is InChI=1S/C12H20N2O5/c1-9(2)7-18-6-4-13-11(17)14-12(10(15)16)3-5-19-8-12/h1,3-8H2,2H3,(H,15,16)(H2,13,14,17). The molecule has 3 N–H and O–H groups in total. The minimum Gasteiger partial charge on any atom is -0.479 e. The largest absolute Gasteiger partial charge is 0.479 e. The Kier molecular flexibility index (Phi) is 5.78. The molecule has 1 rings (SSSR count). The summed E-state index contributed by atoms with van der Waals surface area (Å²) >= 11 is 0. The van der Waals surface area contributed by atoms with E-state index in [0.717, 1.165) is 5.57 Å². The summed E-state index contributed by atoms with van der Waals surface area (Å²) in [7, 11) is 0. The minimum atomic E-state index is -1.32. The van der Waals surface area contributed by atoms with Crippen LogP contribution in [0.25, 0.3) is 0 Å². The molecular weight excluding hydrogens is 252 g/mol. The first-order valence-corrected chi connectivity index (χ1v) is 6.05. The van der Waals surface area contributed by atoms with Crippen LogP contribution in [-0.2, 0) is 14.3 Å². The second-order valence-corrected chi connectivity index (χ2v) is 4.58. The summed E-state index contributed by atoms with van der Waals surface area (Å²) in [6.45, 7) is 6.93. The molecule has 1 aliphatic heterocycles. The van der Waals surface area contributed by atoms with Crippen molar-refractivity contribution in [2.45, 2.75) is 18.9 Å². The predicted octanol–water partition coefficient (Wildman–Crippen LogP) is 0.122. The molecule has 7 nitrogen and oxygen atoms in total. The van der Waals surface area contributed by atoms with Crippen LogP contribution in [0.1, 0.15) is 13.3 Å². The van der Waals surface area contributed by atoms with Gasteiger partial charge in [-0.1, -0.05) is 12.2 Å². The zero-order chi connectivity index (χ0) is 14.3. The molecule has 0 radical (unpaired) electrons. The monoisotopic (exact) mass is 272 g/mol. The summed E-state index contributed by atoms with van der Waals surface area (Å²) in [4.78, 5) is 22.7. The Morgan fingerprint density at radius 1 is 1.53 bits per heavy atom. The topological polar surface area (TPSA) is 96.9 Å². The van der Waals surface area contributed by atoms with Crippen LogP contribution in [0.15, 0.2) is 12.2 Å². The van der Waals surface area contributed by atoms with Crippen LogP contribution in [0.2, 0.25) is 0 Å². The van der Waals surface area contributed by atoms with Crippen molar-refractivity contribution >= 4 is 12.0 Å². The Balaban J connectivity index is 2.26. The van der Waals surface area contributed by atoms with Gasteiger partial charge in [0.15, 0.2) is 5.54 Å². The lowest BCUT2D eigenvalue weighted by atomic mass is 9.99. The summed E-state index contributed by atoms with van der Waals surface area (Å²) in [6.07, 6.45) is 0.266. The third-order valence-corrected chi connectivity index (χ3v) is 2.66. The highest BCUT2D eigenvalue weighted by Gasteiger charge is 2.43. The summed E-state index contributed by atoms with van der Waals surface area (Å²) in [5.41, 5.74) is -0.416. The Labute approximate surface area is 112 Å². The molecule has 1 fully saturated rings. The molecule has 0 aromatic rings. The van der Waals surface area contributed by atoms with Crippen LogP contribution in [0.3, 0.4) is 0 Å². The first kappa shape index (κ1) is 15.5. The van der Waals surface area contributed by atoms with Gasteiger partial charge < -0.3 is 25.2 Å². The number of hydrogen-bond acceptors (Lipinski definition) is 4. The van der Waals surface area contributed by atoms with Crippen molar-refractivity contribution < 1.29 is 24.2 Å². The number of aliphatic carboxylic acids is 1. The third kappa shape index (κ3) is 4.88. The van der Waals surface area contributed by atoms with Gasteiger partial charge in [-0.25, -0.2) is 9.59 Å². The van der Waals surface area contributed by atoms with Crippen molar-refractivity contribution in [1.29, 1.82) is 0 Å². The van der Waals surface area contributed by atoms with Crippen LogP contribution in [0.5, 0.6) is 0 Å². The molecule has 0 aliphatic carbocycles. The van der Waals surface area contributed by atoms with Crippen molar-refractivity contribution in [3.05, 3.63) is 12.2 Å². The van der Waals surface area contributed by atoms with Gasteiger partial charge in [-0.3, -0.25) is 0 Å². The fraction of sp³-hybridized carbons (Fsp3) is 0.667. The SMILES string of the molecule is C=C(C)COCCNC(=O)NC1(C(=O)O)CCOC1. The van der Waals surface area contributed by atoms with E-state index < -0.39 is 17.5 Å². The second kappa shape index (κ2) is 7.10. The van der Waals surface area contributed by atoms with Crippen LogP contribution in [0, 0.1) is 0 Å². The molecule has 1 unspecified atom stereocenters. The molecule has 0 spiro atoms. The van der Waals surface area contributed by atoms with Crippen molar-refractivity contribution in [1.82, 2.24) is 10.6 Å². The molecule has 0 aromatic heterocycles. The molecule has 1 heterocycles. The maximum absolute atomic E-state index is 11.6. The Bertz CT molecular complexity index is 350. The third-order valence-electron chi connectivity index (χ3n) is 2.66. The number of rotatable bonds is 7. The quantitative estimate of drug-likeness (QED) is 0.452. The summed E-state index contributed by atoms with van der Waals surface area (Å²) < 4.78 is 10.2. The first-order valence-electron chi connectivity index (χ1n) is 6.05. The van der Waals surface area contributed by atoms with E-state index in [1.54, 1.807) is 0 Å². The second-order valence-electron chi connectivity index (χ2n) is 4.58. The van der Waals surface area contributed by atoms with Crippen LogP contribution >= 0.6 is 0 Å². The molecule has 1 saturated heterocycles. The molecule has 0 aromatic carbocycles. The normalized spacial score (nSPS) is 21.9. The maximum Gasteiger partial charge on any atom is 0.332 e. The van der Waals surface area contributed by atoms with E-state index in [1.807, 2.05) is 6.92 Å². The number of carbonyl (C=O) groups excluding carboxylic acids is 1. The van der Waals surface area contributed by atoms with Gasteiger partial charge in [0.2, 0.25) is 0 Å². The lowest BCUT2D eigenvalue weighted by molar-refractivity contribution is -0.144. The zero-order valence-electron chi connectivity index (χ0n) is 11.0. The van der Waals surface area contributed by atoms with Gasteiger partial charge in [-0.15, -0.1) is 0 Å². The number of carbonyl (C=O) groups is 2. The highest BCUT2D eigenvalue weighted by atomic mass is 16.5. The molecule has 0 bridgehead atoms.